The zero-order valence-electron chi connectivity index (χ0n) is 10.9. The molecule has 4 nitrogen and oxygen atoms in total. The van der Waals surface area contributed by atoms with E-state index in [0.29, 0.717) is 13.0 Å². The van der Waals surface area contributed by atoms with Gasteiger partial charge in [-0.2, -0.15) is 0 Å². The maximum atomic E-state index is 11.7. The molecule has 1 aromatic rings. The number of likely N-dealkylation sites (N-methyl/N-ethyl adjacent to an activating group) is 1. The summed E-state index contributed by atoms with van der Waals surface area (Å²) in [6, 6.07) is 0. The van der Waals surface area contributed by atoms with Crippen LogP contribution in [0.1, 0.15) is 31.5 Å². The molecule has 0 bridgehead atoms. The van der Waals surface area contributed by atoms with Gasteiger partial charge in [0.05, 0.1) is 23.7 Å². The average molecular weight is 256 g/mol. The summed E-state index contributed by atoms with van der Waals surface area (Å²) in [6.07, 6.45) is 0.309. The van der Waals surface area contributed by atoms with Crippen molar-refractivity contribution in [2.24, 2.45) is 0 Å². The third-order valence-electron chi connectivity index (χ3n) is 2.39. The summed E-state index contributed by atoms with van der Waals surface area (Å²) < 4.78 is 0. The summed E-state index contributed by atoms with van der Waals surface area (Å²) >= 11 is 1.59. The number of rotatable bonds is 4. The zero-order chi connectivity index (χ0) is 13.1. The number of carbonyl (C=O) groups is 1. The van der Waals surface area contributed by atoms with Crippen LogP contribution in [0.15, 0.2) is 5.38 Å². The minimum Gasteiger partial charge on any atom is -0.395 e. The van der Waals surface area contributed by atoms with Crippen molar-refractivity contribution in [2.75, 3.05) is 20.2 Å². The molecule has 1 amide bonds. The van der Waals surface area contributed by atoms with Gasteiger partial charge < -0.3 is 10.0 Å². The number of hydrogen-bond acceptors (Lipinski definition) is 4. The first-order valence-electron chi connectivity index (χ1n) is 5.64. The molecule has 0 unspecified atom stereocenters. The van der Waals surface area contributed by atoms with Crippen molar-refractivity contribution in [1.82, 2.24) is 9.88 Å². The Labute approximate surface area is 106 Å². The number of aliphatic hydroxyl groups excluding tert-OH is 1. The first-order chi connectivity index (χ1) is 7.84. The summed E-state index contributed by atoms with van der Waals surface area (Å²) in [6.45, 7) is 6.68. The van der Waals surface area contributed by atoms with Crippen LogP contribution < -0.4 is 0 Å². The van der Waals surface area contributed by atoms with E-state index in [1.165, 1.54) is 4.90 Å². The van der Waals surface area contributed by atoms with Crippen LogP contribution in [0, 0.1) is 0 Å². The lowest BCUT2D eigenvalue weighted by atomic mass is 9.98. The van der Waals surface area contributed by atoms with E-state index in [2.05, 4.69) is 25.8 Å². The molecule has 0 aliphatic carbocycles. The van der Waals surface area contributed by atoms with Crippen LogP contribution >= 0.6 is 11.3 Å². The molecular formula is C12H20N2O2S. The highest BCUT2D eigenvalue weighted by Gasteiger charge is 2.19. The van der Waals surface area contributed by atoms with E-state index < -0.39 is 0 Å². The number of amides is 1. The Morgan fingerprint density at radius 3 is 2.65 bits per heavy atom. The number of aromatic nitrogens is 1. The van der Waals surface area contributed by atoms with Crippen molar-refractivity contribution in [2.45, 2.75) is 32.6 Å². The van der Waals surface area contributed by atoms with E-state index in [4.69, 9.17) is 5.11 Å². The maximum absolute atomic E-state index is 11.7. The Hall–Kier alpha value is -0.940. The predicted molar refractivity (Wildman–Crippen MR) is 69.2 cm³/mol. The molecule has 0 aliphatic rings. The minimum absolute atomic E-state index is 0.00739. The molecule has 0 aliphatic heterocycles. The molecule has 1 heterocycles. The molecule has 0 radical (unpaired) electrons. The maximum Gasteiger partial charge on any atom is 0.228 e. The molecule has 0 spiro atoms. The number of hydrogen-bond donors (Lipinski definition) is 1. The van der Waals surface area contributed by atoms with Gasteiger partial charge in [-0.15, -0.1) is 11.3 Å². The van der Waals surface area contributed by atoms with E-state index in [1.54, 1.807) is 18.4 Å². The second kappa shape index (κ2) is 5.60. The first kappa shape index (κ1) is 14.1. The number of thiazole rings is 1. The van der Waals surface area contributed by atoms with Crippen molar-refractivity contribution in [3.05, 3.63) is 16.1 Å². The monoisotopic (exact) mass is 256 g/mol. The average Bonchev–Trinajstić information content (AvgIpc) is 2.66. The lowest BCUT2D eigenvalue weighted by Crippen LogP contribution is -2.30. The first-order valence-corrected chi connectivity index (χ1v) is 6.52. The third kappa shape index (κ3) is 4.09. The van der Waals surface area contributed by atoms with Crippen molar-refractivity contribution in [3.63, 3.8) is 0 Å². The summed E-state index contributed by atoms with van der Waals surface area (Å²) in [4.78, 5) is 17.7. The van der Waals surface area contributed by atoms with Crippen molar-refractivity contribution < 1.29 is 9.90 Å². The standard InChI is InChI=1S/C12H20N2O2S/c1-12(2,3)11-13-9(8-17-11)7-10(16)14(4)5-6-15/h8,15H,5-7H2,1-4H3. The van der Waals surface area contributed by atoms with Gasteiger partial charge in [-0.25, -0.2) is 4.98 Å². The predicted octanol–water partition coefficient (Wildman–Crippen LogP) is 1.43. The van der Waals surface area contributed by atoms with Crippen LogP contribution in [0.3, 0.4) is 0 Å². The Bertz CT molecular complexity index is 382. The van der Waals surface area contributed by atoms with Crippen LogP contribution in [0.5, 0.6) is 0 Å². The molecule has 1 N–H and O–H groups in total. The zero-order valence-corrected chi connectivity index (χ0v) is 11.7. The second-order valence-corrected chi connectivity index (χ2v) is 5.97. The van der Waals surface area contributed by atoms with Gasteiger partial charge in [0, 0.05) is 24.4 Å². The fourth-order valence-electron chi connectivity index (χ4n) is 1.30. The summed E-state index contributed by atoms with van der Waals surface area (Å²) in [7, 11) is 1.69. The molecule has 0 atom stereocenters. The van der Waals surface area contributed by atoms with Gasteiger partial charge in [0.25, 0.3) is 0 Å². The van der Waals surface area contributed by atoms with Crippen molar-refractivity contribution in [3.8, 4) is 0 Å². The van der Waals surface area contributed by atoms with Gasteiger partial charge in [0.15, 0.2) is 0 Å². The normalized spacial score (nSPS) is 11.6. The van der Waals surface area contributed by atoms with Gasteiger partial charge in [-0.05, 0) is 0 Å². The summed E-state index contributed by atoms with van der Waals surface area (Å²) in [5.74, 6) is -0.00944. The van der Waals surface area contributed by atoms with Gasteiger partial charge in [0.1, 0.15) is 0 Å². The van der Waals surface area contributed by atoms with Crippen LogP contribution in [-0.2, 0) is 16.6 Å². The Balaban J connectivity index is 2.64. The van der Waals surface area contributed by atoms with E-state index >= 15 is 0 Å². The summed E-state index contributed by atoms with van der Waals surface area (Å²) in [5, 5.41) is 11.7. The highest BCUT2D eigenvalue weighted by Crippen LogP contribution is 2.25. The SMILES string of the molecule is CN(CCO)C(=O)Cc1csc(C(C)(C)C)n1. The largest absolute Gasteiger partial charge is 0.395 e. The van der Waals surface area contributed by atoms with E-state index in [1.807, 2.05) is 5.38 Å². The van der Waals surface area contributed by atoms with Crippen molar-refractivity contribution in [1.29, 1.82) is 0 Å². The fourth-order valence-corrected chi connectivity index (χ4v) is 2.20. The van der Waals surface area contributed by atoms with E-state index in [0.717, 1.165) is 10.7 Å². The Morgan fingerprint density at radius 2 is 2.18 bits per heavy atom. The topological polar surface area (TPSA) is 53.4 Å². The van der Waals surface area contributed by atoms with Gasteiger partial charge in [-0.1, -0.05) is 20.8 Å². The molecule has 0 aromatic carbocycles. The summed E-state index contributed by atoms with van der Waals surface area (Å²) in [5.41, 5.74) is 0.845. The Morgan fingerprint density at radius 1 is 1.53 bits per heavy atom. The molecule has 0 fully saturated rings. The molecule has 17 heavy (non-hydrogen) atoms. The number of carbonyl (C=O) groups excluding carboxylic acids is 1. The molecular weight excluding hydrogens is 236 g/mol. The highest BCUT2D eigenvalue weighted by atomic mass is 32.1. The van der Waals surface area contributed by atoms with Crippen molar-refractivity contribution >= 4 is 17.2 Å². The lowest BCUT2D eigenvalue weighted by Gasteiger charge is -2.15. The van der Waals surface area contributed by atoms with Crippen LogP contribution in [0.2, 0.25) is 0 Å². The number of aliphatic hydroxyl groups is 1. The lowest BCUT2D eigenvalue weighted by molar-refractivity contribution is -0.129. The molecule has 5 heteroatoms. The van der Waals surface area contributed by atoms with E-state index in [-0.39, 0.29) is 17.9 Å². The Kier molecular flexibility index (Phi) is 4.65. The second-order valence-electron chi connectivity index (χ2n) is 5.11. The third-order valence-corrected chi connectivity index (χ3v) is 3.70. The van der Waals surface area contributed by atoms with Crippen LogP contribution in [0.25, 0.3) is 0 Å². The van der Waals surface area contributed by atoms with E-state index in [9.17, 15) is 4.79 Å². The van der Waals surface area contributed by atoms with Crippen LogP contribution in [0.4, 0.5) is 0 Å². The van der Waals surface area contributed by atoms with Gasteiger partial charge in [-0.3, -0.25) is 4.79 Å². The highest BCUT2D eigenvalue weighted by molar-refractivity contribution is 7.09. The quantitative estimate of drug-likeness (QED) is 0.886. The molecule has 0 saturated heterocycles. The molecule has 96 valence electrons. The minimum atomic E-state index is -0.00944. The van der Waals surface area contributed by atoms with Gasteiger partial charge in [0.2, 0.25) is 5.91 Å². The molecule has 0 saturated carbocycles. The van der Waals surface area contributed by atoms with Gasteiger partial charge >= 0.3 is 0 Å². The molecule has 1 rings (SSSR count). The van der Waals surface area contributed by atoms with Crippen LogP contribution in [-0.4, -0.2) is 41.1 Å². The molecule has 1 aromatic heterocycles. The number of nitrogens with zero attached hydrogens (tertiary/aromatic N) is 2. The fraction of sp³-hybridized carbons (Fsp3) is 0.667. The smallest absolute Gasteiger partial charge is 0.228 e.